The van der Waals surface area contributed by atoms with E-state index in [9.17, 15) is 9.59 Å². The summed E-state index contributed by atoms with van der Waals surface area (Å²) in [7, 11) is 0. The van der Waals surface area contributed by atoms with E-state index in [4.69, 9.17) is 25.2 Å². The maximum absolute atomic E-state index is 11.8. The minimum atomic E-state index is -0.707. The fraction of sp³-hybridized carbons (Fsp3) is 0.381. The van der Waals surface area contributed by atoms with Gasteiger partial charge in [-0.3, -0.25) is 4.79 Å². The number of rotatable bonds is 11. The largest absolute Gasteiger partial charge is 0.490 e. The van der Waals surface area contributed by atoms with Crippen LogP contribution in [0.15, 0.2) is 35.5 Å². The minimum absolute atomic E-state index is 0.0868. The number of Topliss-reactive ketones (excluding diaryl/α,β-unsaturated/α-hetero) is 1. The zero-order valence-electron chi connectivity index (χ0n) is 16.5. The van der Waals surface area contributed by atoms with E-state index < -0.39 is 18.4 Å². The number of esters is 1. The number of ether oxygens (including phenoxy) is 3. The zero-order chi connectivity index (χ0) is 20.9. The Morgan fingerprint density at radius 1 is 1.21 bits per heavy atom. The first-order valence-corrected chi connectivity index (χ1v) is 9.07. The van der Waals surface area contributed by atoms with E-state index in [-0.39, 0.29) is 11.3 Å². The minimum Gasteiger partial charge on any atom is -0.490 e. The number of unbranched alkanes of at least 4 members (excludes halogenated alkanes) is 1. The number of nitrogens with two attached hydrogens (primary N) is 1. The lowest BCUT2D eigenvalue weighted by atomic mass is 10.1. The Morgan fingerprint density at radius 2 is 1.96 bits per heavy atom. The molecule has 0 aliphatic carbocycles. The van der Waals surface area contributed by atoms with Gasteiger partial charge in [0.15, 0.2) is 18.1 Å². The molecule has 7 nitrogen and oxygen atoms in total. The molecule has 0 saturated heterocycles. The molecule has 150 valence electrons. The smallest absolute Gasteiger partial charge is 0.331 e. The van der Waals surface area contributed by atoms with E-state index in [2.05, 4.69) is 6.92 Å². The van der Waals surface area contributed by atoms with Crippen LogP contribution in [0.2, 0.25) is 0 Å². The molecule has 2 N–H and O–H groups in total. The maximum Gasteiger partial charge on any atom is 0.331 e. The highest BCUT2D eigenvalue weighted by atomic mass is 16.5. The molecule has 0 fully saturated rings. The molecule has 0 amide bonds. The highest BCUT2D eigenvalue weighted by Gasteiger charge is 2.13. The quantitative estimate of drug-likeness (QED) is 0.269. The number of nitriles is 1. The molecule has 0 aromatic heterocycles. The van der Waals surface area contributed by atoms with Crippen LogP contribution in [-0.4, -0.2) is 31.6 Å². The van der Waals surface area contributed by atoms with E-state index in [1.165, 1.54) is 13.0 Å². The molecule has 1 rings (SSSR count). The van der Waals surface area contributed by atoms with Crippen LogP contribution >= 0.6 is 0 Å². The van der Waals surface area contributed by atoms with Crippen LogP contribution in [0.1, 0.15) is 39.2 Å². The summed E-state index contributed by atoms with van der Waals surface area (Å²) in [4.78, 5) is 23.6. The number of hydrogen-bond acceptors (Lipinski definition) is 7. The second-order valence-corrected chi connectivity index (χ2v) is 5.88. The molecule has 0 heterocycles. The molecule has 7 heteroatoms. The third-order valence-electron chi connectivity index (χ3n) is 3.57. The second kappa shape index (κ2) is 12.2. The molecule has 1 aromatic carbocycles. The first-order valence-electron chi connectivity index (χ1n) is 9.07. The van der Waals surface area contributed by atoms with E-state index in [0.29, 0.717) is 30.3 Å². The van der Waals surface area contributed by atoms with Crippen LogP contribution in [-0.2, 0) is 14.3 Å². The van der Waals surface area contributed by atoms with Crippen molar-refractivity contribution in [1.29, 1.82) is 5.26 Å². The van der Waals surface area contributed by atoms with E-state index in [1.54, 1.807) is 30.3 Å². The number of allylic oxidation sites excluding steroid dienone is 1. The first kappa shape index (κ1) is 22.8. The molecule has 0 unspecified atom stereocenters. The van der Waals surface area contributed by atoms with E-state index >= 15 is 0 Å². The van der Waals surface area contributed by atoms with Crippen LogP contribution < -0.4 is 15.2 Å². The average Bonchev–Trinajstić information content (AvgIpc) is 2.66. The predicted molar refractivity (Wildman–Crippen MR) is 106 cm³/mol. The zero-order valence-corrected chi connectivity index (χ0v) is 16.5. The SMILES string of the molecule is CCCCOc1ccc(C=CC(=O)OCC(=O)C(C#N)=C(C)N)cc1OCC. The molecule has 0 aliphatic heterocycles. The lowest BCUT2D eigenvalue weighted by molar-refractivity contribution is -0.141. The van der Waals surface area contributed by atoms with Gasteiger partial charge < -0.3 is 19.9 Å². The fourth-order valence-corrected chi connectivity index (χ4v) is 2.13. The highest BCUT2D eigenvalue weighted by molar-refractivity contribution is 6.01. The van der Waals surface area contributed by atoms with Crippen molar-refractivity contribution in [1.82, 2.24) is 0 Å². The standard InChI is InChI=1S/C21H26N2O5/c1-4-6-11-27-19-9-7-16(12-20(19)26-5-2)8-10-21(25)28-14-18(24)17(13-22)15(3)23/h7-10,12H,4-6,11,14,23H2,1-3H3. The molecule has 0 spiro atoms. The fourth-order valence-electron chi connectivity index (χ4n) is 2.13. The third-order valence-corrected chi connectivity index (χ3v) is 3.57. The Labute approximate surface area is 165 Å². The summed E-state index contributed by atoms with van der Waals surface area (Å²) in [5.41, 5.74) is 6.03. The Kier molecular flexibility index (Phi) is 9.90. The van der Waals surface area contributed by atoms with Crippen molar-refractivity contribution in [3.63, 3.8) is 0 Å². The summed E-state index contributed by atoms with van der Waals surface area (Å²) < 4.78 is 16.2. The van der Waals surface area contributed by atoms with E-state index in [1.807, 2.05) is 6.92 Å². The molecular formula is C21H26N2O5. The molecule has 0 radical (unpaired) electrons. The van der Waals surface area contributed by atoms with Crippen molar-refractivity contribution in [2.24, 2.45) is 5.73 Å². The van der Waals surface area contributed by atoms with Gasteiger partial charge in [-0.25, -0.2) is 4.79 Å². The molecule has 1 aromatic rings. The molecule has 28 heavy (non-hydrogen) atoms. The van der Waals surface area contributed by atoms with Crippen molar-refractivity contribution in [2.75, 3.05) is 19.8 Å². The average molecular weight is 386 g/mol. The van der Waals surface area contributed by atoms with Gasteiger partial charge in [-0.1, -0.05) is 19.4 Å². The van der Waals surface area contributed by atoms with Crippen LogP contribution in [0.3, 0.4) is 0 Å². The monoisotopic (exact) mass is 386 g/mol. The number of carbonyl (C=O) groups is 2. The number of carbonyl (C=O) groups excluding carboxylic acids is 2. The number of hydrogen-bond donors (Lipinski definition) is 1. The third kappa shape index (κ3) is 7.54. The van der Waals surface area contributed by atoms with Crippen molar-refractivity contribution in [2.45, 2.75) is 33.6 Å². The molecule has 0 atom stereocenters. The molecule has 0 aliphatic rings. The van der Waals surface area contributed by atoms with Gasteiger partial charge in [0.05, 0.1) is 13.2 Å². The Bertz CT molecular complexity index is 786. The highest BCUT2D eigenvalue weighted by Crippen LogP contribution is 2.29. The summed E-state index contributed by atoms with van der Waals surface area (Å²) in [6, 6.07) is 7.02. The van der Waals surface area contributed by atoms with Gasteiger partial charge in [0, 0.05) is 11.8 Å². The van der Waals surface area contributed by atoms with Crippen molar-refractivity contribution < 1.29 is 23.8 Å². The van der Waals surface area contributed by atoms with E-state index in [0.717, 1.165) is 12.8 Å². The predicted octanol–water partition coefficient (Wildman–Crippen LogP) is 3.15. The molecule has 0 bridgehead atoms. The first-order chi connectivity index (χ1) is 13.4. The van der Waals surface area contributed by atoms with Gasteiger partial charge >= 0.3 is 5.97 Å². The Balaban J connectivity index is 2.73. The summed E-state index contributed by atoms with van der Waals surface area (Å²) in [5.74, 6) is -0.113. The van der Waals surface area contributed by atoms with Crippen molar-refractivity contribution in [3.05, 3.63) is 41.1 Å². The lowest BCUT2D eigenvalue weighted by Crippen LogP contribution is -2.16. The topological polar surface area (TPSA) is 112 Å². The summed E-state index contributed by atoms with van der Waals surface area (Å²) in [6.07, 6.45) is 4.72. The van der Waals surface area contributed by atoms with Crippen LogP contribution in [0.4, 0.5) is 0 Å². The number of nitrogens with zero attached hydrogens (tertiary/aromatic N) is 1. The van der Waals surface area contributed by atoms with Crippen LogP contribution in [0, 0.1) is 11.3 Å². The normalized spacial score (nSPS) is 11.5. The Hall–Kier alpha value is -3.27. The molecule has 0 saturated carbocycles. The van der Waals surface area contributed by atoms with Gasteiger partial charge in [0.1, 0.15) is 11.6 Å². The second-order valence-electron chi connectivity index (χ2n) is 5.88. The van der Waals surface area contributed by atoms with Crippen LogP contribution in [0.5, 0.6) is 11.5 Å². The van der Waals surface area contributed by atoms with Gasteiger partial charge in [0.25, 0.3) is 0 Å². The van der Waals surface area contributed by atoms with Gasteiger partial charge in [-0.2, -0.15) is 5.26 Å². The molecular weight excluding hydrogens is 360 g/mol. The summed E-state index contributed by atoms with van der Waals surface area (Å²) >= 11 is 0. The van der Waals surface area contributed by atoms with Crippen LogP contribution in [0.25, 0.3) is 6.08 Å². The van der Waals surface area contributed by atoms with Gasteiger partial charge in [0.2, 0.25) is 5.78 Å². The Morgan fingerprint density at radius 3 is 2.57 bits per heavy atom. The summed E-state index contributed by atoms with van der Waals surface area (Å²) in [6.45, 7) is 5.94. The van der Waals surface area contributed by atoms with Gasteiger partial charge in [-0.05, 0) is 44.0 Å². The number of ketones is 1. The van der Waals surface area contributed by atoms with Gasteiger partial charge in [-0.15, -0.1) is 0 Å². The number of benzene rings is 1. The lowest BCUT2D eigenvalue weighted by Gasteiger charge is -2.12. The maximum atomic E-state index is 11.8. The summed E-state index contributed by atoms with van der Waals surface area (Å²) in [5, 5.41) is 8.86. The van der Waals surface area contributed by atoms with Crippen molar-refractivity contribution in [3.8, 4) is 17.6 Å². The van der Waals surface area contributed by atoms with Crippen molar-refractivity contribution >= 4 is 17.8 Å².